The molecule has 3 rings (SSSR count). The van der Waals surface area contributed by atoms with Gasteiger partial charge in [-0.1, -0.05) is 18.2 Å². The second-order valence-corrected chi connectivity index (χ2v) is 6.64. The molecule has 0 radical (unpaired) electrons. The molecule has 28 heavy (non-hydrogen) atoms. The largest absolute Gasteiger partial charge is 0.456 e. The lowest BCUT2D eigenvalue weighted by Gasteiger charge is -2.14. The molecule has 1 fully saturated rings. The van der Waals surface area contributed by atoms with E-state index in [-0.39, 0.29) is 36.6 Å². The first-order valence-corrected chi connectivity index (χ1v) is 8.95. The fourth-order valence-electron chi connectivity index (χ4n) is 3.37. The topological polar surface area (TPSA) is 117 Å². The molecule has 1 aromatic rings. The molecule has 2 aliphatic rings. The Labute approximate surface area is 161 Å². The third-order valence-corrected chi connectivity index (χ3v) is 4.78. The number of anilines is 1. The predicted molar refractivity (Wildman–Crippen MR) is 97.4 cm³/mol. The van der Waals surface area contributed by atoms with E-state index < -0.39 is 18.5 Å². The number of rotatable bonds is 6. The van der Waals surface area contributed by atoms with Crippen LogP contribution < -0.4 is 5.32 Å². The molecule has 8 heteroatoms. The van der Waals surface area contributed by atoms with Crippen molar-refractivity contribution < 1.29 is 23.9 Å². The molecular formula is C20H19N3O5. The van der Waals surface area contributed by atoms with E-state index >= 15 is 0 Å². The Bertz CT molecular complexity index is 860. The Kier molecular flexibility index (Phi) is 5.84. The summed E-state index contributed by atoms with van der Waals surface area (Å²) in [6.45, 7) is -0.540. The number of esters is 1. The number of amides is 3. The highest BCUT2D eigenvalue weighted by Gasteiger charge is 2.46. The summed E-state index contributed by atoms with van der Waals surface area (Å²) in [6, 6.07) is 8.29. The molecule has 2 atom stereocenters. The Morgan fingerprint density at radius 2 is 1.86 bits per heavy atom. The monoisotopic (exact) mass is 381 g/mol. The van der Waals surface area contributed by atoms with Gasteiger partial charge in [-0.2, -0.15) is 5.26 Å². The first-order chi connectivity index (χ1) is 13.5. The second-order valence-electron chi connectivity index (χ2n) is 6.64. The summed E-state index contributed by atoms with van der Waals surface area (Å²) < 4.78 is 4.90. The lowest BCUT2D eigenvalue weighted by molar-refractivity contribution is -0.148. The van der Waals surface area contributed by atoms with Crippen molar-refractivity contribution in [1.82, 2.24) is 4.90 Å². The van der Waals surface area contributed by atoms with Crippen LogP contribution in [0.4, 0.5) is 5.69 Å². The van der Waals surface area contributed by atoms with Gasteiger partial charge in [0.25, 0.3) is 5.91 Å². The minimum absolute atomic E-state index is 0.0463. The van der Waals surface area contributed by atoms with E-state index in [1.54, 1.807) is 18.2 Å². The Hall–Kier alpha value is -3.47. The van der Waals surface area contributed by atoms with E-state index in [9.17, 15) is 19.2 Å². The van der Waals surface area contributed by atoms with Crippen LogP contribution in [0.15, 0.2) is 36.4 Å². The first-order valence-electron chi connectivity index (χ1n) is 8.95. The number of fused-ring (bicyclic) bond motifs is 1. The van der Waals surface area contributed by atoms with E-state index in [0.29, 0.717) is 24.1 Å². The summed E-state index contributed by atoms with van der Waals surface area (Å²) in [5, 5.41) is 11.4. The molecule has 1 aliphatic heterocycles. The number of allylic oxidation sites excluding steroid dienone is 2. The highest BCUT2D eigenvalue weighted by atomic mass is 16.5. The molecule has 1 aromatic carbocycles. The summed E-state index contributed by atoms with van der Waals surface area (Å²) in [5.74, 6) is -2.38. The maximum absolute atomic E-state index is 12.3. The molecule has 0 aromatic heterocycles. The molecule has 0 unspecified atom stereocenters. The first kappa shape index (κ1) is 19.3. The van der Waals surface area contributed by atoms with Crippen LogP contribution >= 0.6 is 0 Å². The van der Waals surface area contributed by atoms with Gasteiger partial charge in [0.1, 0.15) is 0 Å². The number of hydrogen-bond donors (Lipinski definition) is 1. The fourth-order valence-corrected chi connectivity index (χ4v) is 3.37. The number of nitriles is 1. The minimum Gasteiger partial charge on any atom is -0.456 e. The van der Waals surface area contributed by atoms with Crippen LogP contribution in [0.2, 0.25) is 0 Å². The third-order valence-electron chi connectivity index (χ3n) is 4.78. The smallest absolute Gasteiger partial charge is 0.308 e. The molecule has 3 amide bonds. The van der Waals surface area contributed by atoms with Gasteiger partial charge in [-0.05, 0) is 31.0 Å². The average molecular weight is 381 g/mol. The number of nitrogens with one attached hydrogen (secondary N) is 1. The number of carbonyl (C=O) groups is 4. The van der Waals surface area contributed by atoms with Crippen molar-refractivity contribution in [3.8, 4) is 6.07 Å². The fraction of sp³-hybridized carbons (Fsp3) is 0.350. The van der Waals surface area contributed by atoms with Crippen molar-refractivity contribution >= 4 is 29.4 Å². The molecule has 1 N–H and O–H groups in total. The Morgan fingerprint density at radius 1 is 1.18 bits per heavy atom. The SMILES string of the molecule is N#Cc1cccc(NC(=O)COC(=O)CCN2C(=O)[C@H]3CC=CC[C@H]3C2=O)c1. The third kappa shape index (κ3) is 4.26. The van der Waals surface area contributed by atoms with Crippen molar-refractivity contribution in [3.05, 3.63) is 42.0 Å². The van der Waals surface area contributed by atoms with Crippen molar-refractivity contribution in [1.29, 1.82) is 5.26 Å². The molecule has 1 heterocycles. The van der Waals surface area contributed by atoms with Crippen molar-refractivity contribution in [2.24, 2.45) is 11.8 Å². The lowest BCUT2D eigenvalue weighted by Crippen LogP contribution is -2.33. The quantitative estimate of drug-likeness (QED) is 0.452. The molecule has 8 nitrogen and oxygen atoms in total. The van der Waals surface area contributed by atoms with Crippen molar-refractivity contribution in [2.45, 2.75) is 19.3 Å². The van der Waals surface area contributed by atoms with Crippen LogP contribution in [0, 0.1) is 23.2 Å². The number of imide groups is 1. The van der Waals surface area contributed by atoms with Gasteiger partial charge < -0.3 is 10.1 Å². The molecule has 144 valence electrons. The zero-order valence-electron chi connectivity index (χ0n) is 15.1. The molecular weight excluding hydrogens is 362 g/mol. The summed E-state index contributed by atoms with van der Waals surface area (Å²) >= 11 is 0. The molecule has 1 aliphatic carbocycles. The van der Waals surface area contributed by atoms with Gasteiger partial charge in [-0.15, -0.1) is 0 Å². The van der Waals surface area contributed by atoms with Gasteiger partial charge in [0.15, 0.2) is 6.61 Å². The highest BCUT2D eigenvalue weighted by molar-refractivity contribution is 6.05. The molecule has 0 saturated carbocycles. The number of carbonyl (C=O) groups excluding carboxylic acids is 4. The standard InChI is InChI=1S/C20H19N3O5/c21-11-13-4-3-5-14(10-13)22-17(24)12-28-18(25)8-9-23-19(26)15-6-1-2-7-16(15)20(23)27/h1-5,10,15-16H,6-9,12H2,(H,22,24)/t15-,16+. The molecule has 0 spiro atoms. The van der Waals surface area contributed by atoms with Gasteiger partial charge in [-0.3, -0.25) is 24.1 Å². The van der Waals surface area contributed by atoms with Crippen LogP contribution in [-0.4, -0.2) is 41.7 Å². The lowest BCUT2D eigenvalue weighted by atomic mass is 9.85. The second kappa shape index (κ2) is 8.48. The number of benzene rings is 1. The van der Waals surface area contributed by atoms with Gasteiger partial charge in [0, 0.05) is 12.2 Å². The van der Waals surface area contributed by atoms with E-state index in [1.807, 2.05) is 18.2 Å². The zero-order valence-corrected chi connectivity index (χ0v) is 15.1. The van der Waals surface area contributed by atoms with Crippen LogP contribution in [0.3, 0.4) is 0 Å². The van der Waals surface area contributed by atoms with E-state index in [1.165, 1.54) is 6.07 Å². The highest BCUT2D eigenvalue weighted by Crippen LogP contribution is 2.34. The number of nitrogens with zero attached hydrogens (tertiary/aromatic N) is 2. The van der Waals surface area contributed by atoms with Crippen molar-refractivity contribution in [3.63, 3.8) is 0 Å². The van der Waals surface area contributed by atoms with Gasteiger partial charge in [0.2, 0.25) is 11.8 Å². The zero-order chi connectivity index (χ0) is 20.1. The van der Waals surface area contributed by atoms with Crippen LogP contribution in [-0.2, 0) is 23.9 Å². The number of hydrogen-bond acceptors (Lipinski definition) is 6. The van der Waals surface area contributed by atoms with Crippen molar-refractivity contribution in [2.75, 3.05) is 18.5 Å². The predicted octanol–water partition coefficient (Wildman–Crippen LogP) is 1.38. The van der Waals surface area contributed by atoms with Crippen LogP contribution in [0.25, 0.3) is 0 Å². The summed E-state index contributed by atoms with van der Waals surface area (Å²) in [6.07, 6.45) is 4.72. The Balaban J connectivity index is 1.43. The Morgan fingerprint density at radius 3 is 2.50 bits per heavy atom. The summed E-state index contributed by atoms with van der Waals surface area (Å²) in [7, 11) is 0. The van der Waals surface area contributed by atoms with Crippen LogP contribution in [0.5, 0.6) is 0 Å². The van der Waals surface area contributed by atoms with Gasteiger partial charge in [-0.25, -0.2) is 0 Å². The maximum atomic E-state index is 12.3. The summed E-state index contributed by atoms with van der Waals surface area (Å²) in [4.78, 5) is 49.5. The minimum atomic E-state index is -0.672. The summed E-state index contributed by atoms with van der Waals surface area (Å²) in [5.41, 5.74) is 0.815. The molecule has 1 saturated heterocycles. The number of ether oxygens (including phenoxy) is 1. The number of likely N-dealkylation sites (tertiary alicyclic amines) is 1. The van der Waals surface area contributed by atoms with Gasteiger partial charge in [0.05, 0.1) is 29.9 Å². The normalized spacial score (nSPS) is 20.5. The van der Waals surface area contributed by atoms with E-state index in [4.69, 9.17) is 10.00 Å². The van der Waals surface area contributed by atoms with Crippen LogP contribution in [0.1, 0.15) is 24.8 Å². The van der Waals surface area contributed by atoms with Gasteiger partial charge >= 0.3 is 5.97 Å². The molecule has 0 bridgehead atoms. The maximum Gasteiger partial charge on any atom is 0.308 e. The van der Waals surface area contributed by atoms with E-state index in [2.05, 4.69) is 5.32 Å². The van der Waals surface area contributed by atoms with E-state index in [0.717, 1.165) is 4.90 Å². The average Bonchev–Trinajstić information content (AvgIpc) is 2.95.